The Labute approximate surface area is 87.1 Å². The highest BCUT2D eigenvalue weighted by molar-refractivity contribution is 5.13. The van der Waals surface area contributed by atoms with Crippen molar-refractivity contribution >= 4 is 0 Å². The van der Waals surface area contributed by atoms with Gasteiger partial charge in [0.2, 0.25) is 0 Å². The van der Waals surface area contributed by atoms with Crippen LogP contribution < -0.4 is 0 Å². The zero-order valence-corrected chi connectivity index (χ0v) is 9.58. The van der Waals surface area contributed by atoms with Gasteiger partial charge >= 0.3 is 0 Å². The molecule has 1 heteroatoms. The first-order valence-corrected chi connectivity index (χ1v) is 5.15. The number of rotatable bonds is 3. The second kappa shape index (κ2) is 4.61. The molecule has 0 saturated heterocycles. The molecule has 1 nitrogen and oxygen atoms in total. The van der Waals surface area contributed by atoms with Gasteiger partial charge in [0.25, 0.3) is 0 Å². The third kappa shape index (κ3) is 3.51. The normalized spacial score (nSPS) is 14.0. The van der Waals surface area contributed by atoms with Crippen molar-refractivity contribution in [2.45, 2.75) is 40.4 Å². The molecule has 1 aromatic carbocycles. The molecule has 1 unspecified atom stereocenters. The number of hydrogen-bond donors (Lipinski definition) is 0. The second-order valence-corrected chi connectivity index (χ2v) is 4.80. The van der Waals surface area contributed by atoms with E-state index in [0.29, 0.717) is 6.61 Å². The molecule has 78 valence electrons. The molecule has 1 atom stereocenters. The Morgan fingerprint density at radius 2 is 1.71 bits per heavy atom. The number of hydrogen-bond acceptors (Lipinski definition) is 1. The highest BCUT2D eigenvalue weighted by Gasteiger charge is 2.20. The van der Waals surface area contributed by atoms with Crippen LogP contribution in [0.4, 0.5) is 0 Å². The lowest BCUT2D eigenvalue weighted by Gasteiger charge is -2.27. The Bertz CT molecular complexity index is 258. The van der Waals surface area contributed by atoms with Crippen LogP contribution in [0.1, 0.15) is 33.3 Å². The summed E-state index contributed by atoms with van der Waals surface area (Å²) in [6.07, 6.45) is 0.280. The van der Waals surface area contributed by atoms with Crippen LogP contribution in [0.5, 0.6) is 0 Å². The van der Waals surface area contributed by atoms with Gasteiger partial charge in [0.15, 0.2) is 0 Å². The van der Waals surface area contributed by atoms with Crippen molar-refractivity contribution in [2.24, 2.45) is 5.41 Å². The van der Waals surface area contributed by atoms with Crippen molar-refractivity contribution in [3.8, 4) is 0 Å². The first kappa shape index (κ1) is 11.3. The van der Waals surface area contributed by atoms with Crippen LogP contribution in [-0.2, 0) is 11.3 Å². The quantitative estimate of drug-likeness (QED) is 0.710. The monoisotopic (exact) mass is 192 g/mol. The van der Waals surface area contributed by atoms with Gasteiger partial charge in [-0.05, 0) is 17.9 Å². The maximum atomic E-state index is 5.79. The summed E-state index contributed by atoms with van der Waals surface area (Å²) in [7, 11) is 0. The molecule has 0 bridgehead atoms. The van der Waals surface area contributed by atoms with Crippen molar-refractivity contribution in [1.82, 2.24) is 0 Å². The highest BCUT2D eigenvalue weighted by atomic mass is 16.5. The average molecular weight is 192 g/mol. The van der Waals surface area contributed by atoms with Gasteiger partial charge in [-0.2, -0.15) is 0 Å². The lowest BCUT2D eigenvalue weighted by molar-refractivity contribution is -0.0153. The summed E-state index contributed by atoms with van der Waals surface area (Å²) < 4.78 is 5.79. The molecule has 0 aliphatic heterocycles. The molecule has 14 heavy (non-hydrogen) atoms. The van der Waals surface area contributed by atoms with E-state index < -0.39 is 0 Å². The Morgan fingerprint density at radius 1 is 1.14 bits per heavy atom. The van der Waals surface area contributed by atoms with E-state index in [4.69, 9.17) is 4.74 Å². The van der Waals surface area contributed by atoms with E-state index >= 15 is 0 Å². The zero-order valence-electron chi connectivity index (χ0n) is 9.58. The summed E-state index contributed by atoms with van der Waals surface area (Å²) in [6.45, 7) is 9.43. The van der Waals surface area contributed by atoms with Crippen molar-refractivity contribution in [2.75, 3.05) is 0 Å². The standard InChI is InChI=1S/C13H20O/c1-11(13(2,3)4)14-10-12-8-6-5-7-9-12/h5-9,11H,10H2,1-4H3. The molecular formula is C13H20O. The topological polar surface area (TPSA) is 9.23 Å². The maximum Gasteiger partial charge on any atom is 0.0720 e. The van der Waals surface area contributed by atoms with Crippen LogP contribution in [0.25, 0.3) is 0 Å². The summed E-state index contributed by atoms with van der Waals surface area (Å²) in [6, 6.07) is 10.3. The molecule has 0 amide bonds. The molecule has 1 rings (SSSR count). The molecule has 0 heterocycles. The van der Waals surface area contributed by atoms with E-state index in [0.717, 1.165) is 0 Å². The SMILES string of the molecule is CC(OCc1ccccc1)C(C)(C)C. The molecule has 0 aromatic heterocycles. The van der Waals surface area contributed by atoms with Gasteiger partial charge < -0.3 is 4.74 Å². The van der Waals surface area contributed by atoms with Gasteiger partial charge in [0.1, 0.15) is 0 Å². The van der Waals surface area contributed by atoms with Gasteiger partial charge in [0.05, 0.1) is 12.7 Å². The Balaban J connectivity index is 2.42. The van der Waals surface area contributed by atoms with E-state index in [2.05, 4.69) is 39.8 Å². The third-order valence-corrected chi connectivity index (χ3v) is 2.56. The van der Waals surface area contributed by atoms with Gasteiger partial charge in [-0.3, -0.25) is 0 Å². The minimum Gasteiger partial charge on any atom is -0.373 e. The van der Waals surface area contributed by atoms with E-state index in [-0.39, 0.29) is 11.5 Å². The minimum atomic E-state index is 0.217. The zero-order chi connectivity index (χ0) is 10.6. The lowest BCUT2D eigenvalue weighted by Crippen LogP contribution is -2.25. The smallest absolute Gasteiger partial charge is 0.0720 e. The summed E-state index contributed by atoms with van der Waals surface area (Å²) in [5.74, 6) is 0. The second-order valence-electron chi connectivity index (χ2n) is 4.80. The van der Waals surface area contributed by atoms with Gasteiger partial charge in [-0.15, -0.1) is 0 Å². The van der Waals surface area contributed by atoms with E-state index in [1.165, 1.54) is 5.56 Å². The van der Waals surface area contributed by atoms with Gasteiger partial charge in [0, 0.05) is 0 Å². The molecule has 0 aliphatic rings. The molecule has 0 radical (unpaired) electrons. The summed E-state index contributed by atoms with van der Waals surface area (Å²) >= 11 is 0. The number of ether oxygens (including phenoxy) is 1. The number of benzene rings is 1. The van der Waals surface area contributed by atoms with E-state index in [9.17, 15) is 0 Å². The first-order chi connectivity index (χ1) is 6.50. The highest BCUT2D eigenvalue weighted by Crippen LogP contribution is 2.22. The predicted molar refractivity (Wildman–Crippen MR) is 60.1 cm³/mol. The molecule has 0 N–H and O–H groups in total. The van der Waals surface area contributed by atoms with Crippen molar-refractivity contribution in [3.63, 3.8) is 0 Å². The van der Waals surface area contributed by atoms with Gasteiger partial charge in [-0.1, -0.05) is 51.1 Å². The van der Waals surface area contributed by atoms with Crippen molar-refractivity contribution in [3.05, 3.63) is 35.9 Å². The molecule has 1 aromatic rings. The third-order valence-electron chi connectivity index (χ3n) is 2.56. The average Bonchev–Trinajstić information content (AvgIpc) is 2.14. The van der Waals surface area contributed by atoms with Crippen LogP contribution in [0.3, 0.4) is 0 Å². The molecular weight excluding hydrogens is 172 g/mol. The summed E-state index contributed by atoms with van der Waals surface area (Å²) in [5.41, 5.74) is 1.46. The minimum absolute atomic E-state index is 0.217. The van der Waals surface area contributed by atoms with Crippen molar-refractivity contribution in [1.29, 1.82) is 0 Å². The predicted octanol–water partition coefficient (Wildman–Crippen LogP) is 3.64. The molecule has 0 spiro atoms. The lowest BCUT2D eigenvalue weighted by atomic mass is 9.90. The van der Waals surface area contributed by atoms with Crippen LogP contribution in [0.15, 0.2) is 30.3 Å². The first-order valence-electron chi connectivity index (χ1n) is 5.15. The fraction of sp³-hybridized carbons (Fsp3) is 0.538. The largest absolute Gasteiger partial charge is 0.373 e. The molecule has 0 fully saturated rings. The van der Waals surface area contributed by atoms with E-state index in [1.54, 1.807) is 0 Å². The summed E-state index contributed by atoms with van der Waals surface area (Å²) in [5, 5.41) is 0. The van der Waals surface area contributed by atoms with Crippen LogP contribution >= 0.6 is 0 Å². The summed E-state index contributed by atoms with van der Waals surface area (Å²) in [4.78, 5) is 0. The fourth-order valence-corrected chi connectivity index (χ4v) is 1.05. The molecule has 0 saturated carbocycles. The maximum absolute atomic E-state index is 5.79. The van der Waals surface area contributed by atoms with E-state index in [1.807, 2.05) is 18.2 Å². The van der Waals surface area contributed by atoms with Crippen LogP contribution in [0.2, 0.25) is 0 Å². The Morgan fingerprint density at radius 3 is 2.21 bits per heavy atom. The Hall–Kier alpha value is -0.820. The van der Waals surface area contributed by atoms with Gasteiger partial charge in [-0.25, -0.2) is 0 Å². The Kier molecular flexibility index (Phi) is 3.70. The molecule has 0 aliphatic carbocycles. The van der Waals surface area contributed by atoms with Crippen LogP contribution in [0, 0.1) is 5.41 Å². The van der Waals surface area contributed by atoms with Crippen LogP contribution in [-0.4, -0.2) is 6.10 Å². The van der Waals surface area contributed by atoms with Crippen molar-refractivity contribution < 1.29 is 4.74 Å². The fourth-order valence-electron chi connectivity index (χ4n) is 1.05.